The number of aliphatic imine (C=N–C) groups is 1. The lowest BCUT2D eigenvalue weighted by atomic mass is 9.82. The van der Waals surface area contributed by atoms with Gasteiger partial charge in [0.25, 0.3) is 0 Å². The number of allylic oxidation sites excluding steroid dienone is 4. The number of halogens is 3. The minimum Gasteiger partial charge on any atom is -0.481 e. The molecule has 0 radical (unpaired) electrons. The van der Waals surface area contributed by atoms with E-state index in [1.807, 2.05) is 32.2 Å². The van der Waals surface area contributed by atoms with E-state index in [4.69, 9.17) is 0 Å². The summed E-state index contributed by atoms with van der Waals surface area (Å²) in [6.45, 7) is 5.68. The Kier molecular flexibility index (Phi) is 8.35. The van der Waals surface area contributed by atoms with Crippen LogP contribution in [0.25, 0.3) is 5.57 Å². The molecule has 0 bridgehead atoms. The van der Waals surface area contributed by atoms with Crippen LogP contribution < -0.4 is 0 Å². The van der Waals surface area contributed by atoms with E-state index >= 15 is 0 Å². The standard InChI is InChI=1S/C24H27F3N4O2S/c1-14(2)10-18(11-15(3)29-13-21-28-9-8-20(31-21)24(25,26)27)19-12-30-22(34-19)16-4-6-17(7-5-16)23(32)33/h8-12,16-17H,4-7,13H2,1-3H3,(H,32,33)/b18-11+,29-15?. The van der Waals surface area contributed by atoms with Crippen molar-refractivity contribution < 1.29 is 23.1 Å². The van der Waals surface area contributed by atoms with Crippen molar-refractivity contribution in [2.75, 3.05) is 0 Å². The highest BCUT2D eigenvalue weighted by atomic mass is 32.1. The molecular weight excluding hydrogens is 465 g/mol. The first-order valence-electron chi connectivity index (χ1n) is 11.0. The summed E-state index contributed by atoms with van der Waals surface area (Å²) in [6, 6.07) is 0.836. The molecular formula is C24H27F3N4O2S. The van der Waals surface area contributed by atoms with Crippen LogP contribution in [0.5, 0.6) is 0 Å². The molecule has 1 aliphatic rings. The van der Waals surface area contributed by atoms with E-state index < -0.39 is 17.8 Å². The van der Waals surface area contributed by atoms with Crippen LogP contribution in [-0.2, 0) is 17.5 Å². The minimum absolute atomic E-state index is 0.00313. The van der Waals surface area contributed by atoms with Crippen LogP contribution in [0.1, 0.15) is 73.8 Å². The average molecular weight is 493 g/mol. The highest BCUT2D eigenvalue weighted by Gasteiger charge is 2.32. The molecule has 34 heavy (non-hydrogen) atoms. The molecule has 1 saturated carbocycles. The Morgan fingerprint density at radius 2 is 1.88 bits per heavy atom. The van der Waals surface area contributed by atoms with E-state index in [0.29, 0.717) is 18.6 Å². The molecule has 1 N–H and O–H groups in total. The summed E-state index contributed by atoms with van der Waals surface area (Å²) >= 11 is 1.58. The zero-order valence-electron chi connectivity index (χ0n) is 19.3. The lowest BCUT2D eigenvalue weighted by Crippen LogP contribution is -2.20. The van der Waals surface area contributed by atoms with Gasteiger partial charge in [-0.05, 0) is 64.2 Å². The van der Waals surface area contributed by atoms with Crippen molar-refractivity contribution in [1.82, 2.24) is 15.0 Å². The molecule has 0 amide bonds. The Balaban J connectivity index is 1.77. The monoisotopic (exact) mass is 492 g/mol. The molecule has 3 rings (SSSR count). The van der Waals surface area contributed by atoms with Crippen molar-refractivity contribution in [1.29, 1.82) is 0 Å². The fourth-order valence-corrected chi connectivity index (χ4v) is 4.87. The lowest BCUT2D eigenvalue weighted by Gasteiger charge is -2.24. The van der Waals surface area contributed by atoms with Crippen molar-refractivity contribution in [2.45, 2.75) is 65.1 Å². The van der Waals surface area contributed by atoms with Crippen molar-refractivity contribution in [3.63, 3.8) is 0 Å². The number of aliphatic carboxylic acids is 1. The van der Waals surface area contributed by atoms with Crippen LogP contribution >= 0.6 is 11.3 Å². The third-order valence-electron chi connectivity index (χ3n) is 5.51. The molecule has 2 aromatic heterocycles. The van der Waals surface area contributed by atoms with Crippen LogP contribution in [0, 0.1) is 5.92 Å². The minimum atomic E-state index is -4.52. The number of alkyl halides is 3. The van der Waals surface area contributed by atoms with E-state index in [9.17, 15) is 23.1 Å². The zero-order valence-corrected chi connectivity index (χ0v) is 20.1. The molecule has 0 atom stereocenters. The van der Waals surface area contributed by atoms with Gasteiger partial charge in [-0.3, -0.25) is 9.79 Å². The topological polar surface area (TPSA) is 88.3 Å². The maximum atomic E-state index is 12.9. The highest BCUT2D eigenvalue weighted by Crippen LogP contribution is 2.39. The van der Waals surface area contributed by atoms with Gasteiger partial charge in [0.15, 0.2) is 0 Å². The Bertz CT molecular complexity index is 1110. The summed E-state index contributed by atoms with van der Waals surface area (Å²) in [7, 11) is 0. The summed E-state index contributed by atoms with van der Waals surface area (Å²) in [5, 5.41) is 10.2. The van der Waals surface area contributed by atoms with E-state index in [0.717, 1.165) is 46.1 Å². The van der Waals surface area contributed by atoms with Crippen LogP contribution in [0.4, 0.5) is 13.2 Å². The first-order chi connectivity index (χ1) is 16.0. The maximum absolute atomic E-state index is 12.9. The number of nitrogens with zero attached hydrogens (tertiary/aromatic N) is 4. The normalized spacial score (nSPS) is 19.7. The molecule has 2 heterocycles. The Morgan fingerprint density at radius 3 is 2.50 bits per heavy atom. The molecule has 0 saturated heterocycles. The molecule has 0 aliphatic heterocycles. The number of hydrogen-bond acceptors (Lipinski definition) is 6. The molecule has 10 heteroatoms. The summed E-state index contributed by atoms with van der Waals surface area (Å²) < 4.78 is 38.6. The predicted molar refractivity (Wildman–Crippen MR) is 126 cm³/mol. The van der Waals surface area contributed by atoms with Gasteiger partial charge < -0.3 is 5.11 Å². The summed E-state index contributed by atoms with van der Waals surface area (Å²) in [6.07, 6.45) is 5.21. The zero-order chi connectivity index (χ0) is 24.9. The molecule has 2 aromatic rings. The molecule has 182 valence electrons. The molecule has 1 aliphatic carbocycles. The second-order valence-electron chi connectivity index (χ2n) is 8.58. The number of rotatable bonds is 7. The largest absolute Gasteiger partial charge is 0.481 e. The Hall–Kier alpha value is -2.88. The maximum Gasteiger partial charge on any atom is 0.433 e. The molecule has 0 spiro atoms. The van der Waals surface area contributed by atoms with Gasteiger partial charge in [0, 0.05) is 24.0 Å². The first kappa shape index (κ1) is 25.7. The van der Waals surface area contributed by atoms with Gasteiger partial charge in [0.2, 0.25) is 0 Å². The molecule has 0 unspecified atom stereocenters. The smallest absolute Gasteiger partial charge is 0.433 e. The van der Waals surface area contributed by atoms with Crippen LogP contribution in [0.3, 0.4) is 0 Å². The van der Waals surface area contributed by atoms with Crippen molar-refractivity contribution >= 4 is 28.6 Å². The number of carboxylic acids is 1. The summed E-state index contributed by atoms with van der Waals surface area (Å²) in [4.78, 5) is 28.6. The van der Waals surface area contributed by atoms with Crippen LogP contribution in [0.2, 0.25) is 0 Å². The lowest BCUT2D eigenvalue weighted by molar-refractivity contribution is -0.143. The Labute approximate surface area is 200 Å². The fraction of sp³-hybridized carbons (Fsp3) is 0.458. The summed E-state index contributed by atoms with van der Waals surface area (Å²) in [5.41, 5.74) is 1.64. The number of hydrogen-bond donors (Lipinski definition) is 1. The quantitative estimate of drug-likeness (QED) is 0.361. The van der Waals surface area contributed by atoms with Gasteiger partial charge >= 0.3 is 12.1 Å². The van der Waals surface area contributed by atoms with Gasteiger partial charge in [-0.2, -0.15) is 13.2 Å². The van der Waals surface area contributed by atoms with Gasteiger partial charge in [0.05, 0.1) is 22.3 Å². The van der Waals surface area contributed by atoms with E-state index in [2.05, 4.69) is 19.9 Å². The number of aromatic nitrogens is 3. The predicted octanol–water partition coefficient (Wildman–Crippen LogP) is 6.32. The second kappa shape index (κ2) is 11.0. The van der Waals surface area contributed by atoms with Crippen molar-refractivity contribution in [2.24, 2.45) is 10.9 Å². The molecule has 0 aromatic carbocycles. The molecule has 1 fully saturated rings. The molecule has 6 nitrogen and oxygen atoms in total. The van der Waals surface area contributed by atoms with Gasteiger partial charge in [-0.15, -0.1) is 11.3 Å². The number of carbonyl (C=O) groups is 1. The van der Waals surface area contributed by atoms with Gasteiger partial charge in [-0.25, -0.2) is 15.0 Å². The number of thiazole rings is 1. The highest BCUT2D eigenvalue weighted by molar-refractivity contribution is 7.12. The number of carboxylic acid groups (broad SMARTS) is 1. The van der Waals surface area contributed by atoms with E-state index in [1.54, 1.807) is 18.3 Å². The van der Waals surface area contributed by atoms with E-state index in [1.165, 1.54) is 0 Å². The average Bonchev–Trinajstić information content (AvgIpc) is 3.27. The van der Waals surface area contributed by atoms with Crippen molar-refractivity contribution in [3.8, 4) is 0 Å². The Morgan fingerprint density at radius 1 is 1.18 bits per heavy atom. The van der Waals surface area contributed by atoms with Crippen molar-refractivity contribution in [3.05, 3.63) is 57.6 Å². The SMILES string of the molecule is CC(C)=C/C(=C\C(C)=NCc1nccc(C(F)(F)F)n1)c1cnc(C2CCC(C(=O)O)CC2)s1. The van der Waals surface area contributed by atoms with E-state index in [-0.39, 0.29) is 24.2 Å². The first-order valence-corrected chi connectivity index (χ1v) is 11.8. The van der Waals surface area contributed by atoms with Gasteiger partial charge in [0.1, 0.15) is 11.5 Å². The third kappa shape index (κ3) is 7.06. The fourth-order valence-electron chi connectivity index (χ4n) is 3.79. The van der Waals surface area contributed by atoms with Gasteiger partial charge in [-0.1, -0.05) is 11.6 Å². The van der Waals surface area contributed by atoms with Crippen LogP contribution in [-0.4, -0.2) is 31.7 Å². The third-order valence-corrected chi connectivity index (χ3v) is 6.72. The second-order valence-corrected chi connectivity index (χ2v) is 9.65. The van der Waals surface area contributed by atoms with Crippen LogP contribution in [0.15, 0.2) is 41.2 Å². The summed E-state index contributed by atoms with van der Waals surface area (Å²) in [5.74, 6) is -0.729.